The molecule has 0 bridgehead atoms. The van der Waals surface area contributed by atoms with Crippen molar-refractivity contribution in [3.63, 3.8) is 0 Å². The normalized spacial score (nSPS) is 26.4. The first kappa shape index (κ1) is 21.9. The molecule has 0 spiro atoms. The Morgan fingerprint density at radius 2 is 2.00 bits per heavy atom. The molecule has 0 saturated heterocycles. The molecule has 0 unspecified atom stereocenters. The van der Waals surface area contributed by atoms with Gasteiger partial charge in [-0.1, -0.05) is 0 Å². The van der Waals surface area contributed by atoms with Gasteiger partial charge in [-0.2, -0.15) is 10.6 Å². The largest absolute Gasteiger partial charge is 0.495 e. The Hall–Kier alpha value is -2.76. The quantitative estimate of drug-likeness (QED) is 0.576. The summed E-state index contributed by atoms with van der Waals surface area (Å²) in [4.78, 5) is 20.4. The van der Waals surface area contributed by atoms with Crippen LogP contribution in [0.3, 0.4) is 0 Å². The van der Waals surface area contributed by atoms with Crippen LogP contribution in [0.5, 0.6) is 5.75 Å². The van der Waals surface area contributed by atoms with E-state index in [1.165, 1.54) is 38.4 Å². The minimum Gasteiger partial charge on any atom is -0.495 e. The number of pyridine rings is 1. The summed E-state index contributed by atoms with van der Waals surface area (Å²) in [5.41, 5.74) is 4.35. The van der Waals surface area contributed by atoms with E-state index in [4.69, 9.17) is 10.5 Å². The molecule has 0 fully saturated rings. The molecular formula is C19H22F2N4O4S. The van der Waals surface area contributed by atoms with Crippen molar-refractivity contribution < 1.29 is 27.4 Å². The molecule has 1 amide bonds. The second kappa shape index (κ2) is 7.49. The maximum Gasteiger partial charge on any atom is 0.274 e. The van der Waals surface area contributed by atoms with E-state index in [0.717, 1.165) is 13.0 Å². The Kier molecular flexibility index (Phi) is 5.48. The first-order chi connectivity index (χ1) is 13.9. The number of nitrogens with zero attached hydrogens (tertiary/aromatic N) is 2. The van der Waals surface area contributed by atoms with Crippen molar-refractivity contribution in [2.75, 3.05) is 18.2 Å². The molecule has 1 aliphatic heterocycles. The Bertz CT molecular complexity index is 1010. The van der Waals surface area contributed by atoms with Gasteiger partial charge in [0.25, 0.3) is 10.9 Å². The molecule has 0 saturated carbocycles. The van der Waals surface area contributed by atoms with Crippen LogP contribution in [0.2, 0.25) is 0 Å². The number of ether oxygens (including phenoxy) is 1. The number of aromatic nitrogens is 1. The van der Waals surface area contributed by atoms with E-state index < -0.39 is 44.4 Å². The highest BCUT2D eigenvalue weighted by molar-refractivity contribution is 8.26. The molecule has 2 heterocycles. The third kappa shape index (κ3) is 3.83. The molecule has 5 N–H and O–H groups in total. The van der Waals surface area contributed by atoms with Gasteiger partial charge in [0.05, 0.1) is 19.1 Å². The molecule has 3 rings (SSSR count). The maximum absolute atomic E-state index is 14.6. The van der Waals surface area contributed by atoms with Gasteiger partial charge in [-0.05, 0) is 44.2 Å². The molecule has 8 nitrogen and oxygen atoms in total. The highest BCUT2D eigenvalue weighted by atomic mass is 32.3. The number of rotatable bonds is 4. The number of methoxy groups -OCH3 is 1. The predicted octanol–water partition coefficient (Wildman–Crippen LogP) is 3.50. The smallest absolute Gasteiger partial charge is 0.274 e. The van der Waals surface area contributed by atoms with Gasteiger partial charge in [0, 0.05) is 11.3 Å². The summed E-state index contributed by atoms with van der Waals surface area (Å²) in [6.07, 6.45) is 1.38. The summed E-state index contributed by atoms with van der Waals surface area (Å²) in [5, 5.41) is -0.0293. The Labute approximate surface area is 173 Å². The minimum atomic E-state index is -3.87. The lowest BCUT2D eigenvalue weighted by Gasteiger charge is -2.50. The fraction of sp³-hybridized carbons (Fsp3) is 0.316. The van der Waals surface area contributed by atoms with E-state index in [1.54, 1.807) is 6.07 Å². The Balaban J connectivity index is 1.93. The number of amides is 1. The molecule has 2 atom stereocenters. The monoisotopic (exact) mass is 440 g/mol. The van der Waals surface area contributed by atoms with E-state index >= 15 is 0 Å². The van der Waals surface area contributed by atoms with Gasteiger partial charge in [0.2, 0.25) is 0 Å². The first-order valence-corrected chi connectivity index (χ1v) is 10.5. The molecule has 1 aromatic carbocycles. The van der Waals surface area contributed by atoms with Crippen molar-refractivity contribution in [3.8, 4) is 5.75 Å². The van der Waals surface area contributed by atoms with Gasteiger partial charge >= 0.3 is 0 Å². The highest BCUT2D eigenvalue weighted by Crippen LogP contribution is 2.60. The van der Waals surface area contributed by atoms with Crippen LogP contribution in [0.4, 0.5) is 14.5 Å². The van der Waals surface area contributed by atoms with E-state index in [-0.39, 0.29) is 16.9 Å². The number of alkyl halides is 1. The average Bonchev–Trinajstić information content (AvgIpc) is 2.67. The average molecular weight is 440 g/mol. The summed E-state index contributed by atoms with van der Waals surface area (Å²) in [5.74, 6) is -1.98. The first-order valence-electron chi connectivity index (χ1n) is 8.81. The number of hydrogen-bond donors (Lipinski definition) is 4. The summed E-state index contributed by atoms with van der Waals surface area (Å²) < 4.78 is 54.7. The van der Waals surface area contributed by atoms with Crippen molar-refractivity contribution in [1.82, 2.24) is 4.98 Å². The molecule has 11 heteroatoms. The molecule has 2 aromatic rings. The number of amidine groups is 1. The number of nitrogens with two attached hydrogens (primary N) is 1. The van der Waals surface area contributed by atoms with Crippen LogP contribution in [0.25, 0.3) is 0 Å². The lowest BCUT2D eigenvalue weighted by Crippen LogP contribution is -2.51. The van der Waals surface area contributed by atoms with E-state index in [9.17, 15) is 22.7 Å². The van der Waals surface area contributed by atoms with Crippen LogP contribution in [0.15, 0.2) is 41.5 Å². The molecular weight excluding hydrogens is 418 g/mol. The Morgan fingerprint density at radius 1 is 1.30 bits per heavy atom. The number of carbonyl (C=O) groups is 1. The van der Waals surface area contributed by atoms with Crippen LogP contribution in [0.1, 0.15) is 29.9 Å². The van der Waals surface area contributed by atoms with Crippen molar-refractivity contribution in [2.45, 2.75) is 24.4 Å². The zero-order valence-corrected chi connectivity index (χ0v) is 17.3. The fourth-order valence-electron chi connectivity index (χ4n) is 3.08. The lowest BCUT2D eigenvalue weighted by atomic mass is 9.93. The number of nitrogens with one attached hydrogen (secondary N) is 1. The molecule has 1 aromatic heterocycles. The standard InChI is InChI=1S/C19H22F2N4O4S/c1-18(10-30(27,28)19(2,21)17(22)25-18)13-8-11(4-6-14(13)20)24-16(26)15-7-5-12(29-3)9-23-15/h4-9,27-28H,10H2,1-3H3,(H2,22,25)(H,24,26)/t18-,19+/m0/s1. The predicted molar refractivity (Wildman–Crippen MR) is 111 cm³/mol. The number of hydrogen-bond acceptors (Lipinski definition) is 7. The topological polar surface area (TPSA) is 130 Å². The third-order valence-corrected chi connectivity index (χ3v) is 7.33. The van der Waals surface area contributed by atoms with Crippen molar-refractivity contribution in [3.05, 3.63) is 53.6 Å². The van der Waals surface area contributed by atoms with Crippen molar-refractivity contribution in [2.24, 2.45) is 10.7 Å². The van der Waals surface area contributed by atoms with E-state index in [2.05, 4.69) is 15.3 Å². The summed E-state index contributed by atoms with van der Waals surface area (Å²) in [7, 11) is -2.40. The fourth-order valence-corrected chi connectivity index (χ4v) is 4.73. The van der Waals surface area contributed by atoms with Crippen LogP contribution < -0.4 is 15.8 Å². The van der Waals surface area contributed by atoms with E-state index in [1.807, 2.05) is 0 Å². The number of anilines is 1. The second-order valence-corrected chi connectivity index (χ2v) is 9.62. The SMILES string of the molecule is COc1ccc(C(=O)Nc2ccc(F)c([C@]3(C)CS(O)(O)[C@@](C)(F)C(N)=N3)c2)nc1. The van der Waals surface area contributed by atoms with Crippen molar-refractivity contribution in [1.29, 1.82) is 0 Å². The zero-order chi connectivity index (χ0) is 22.3. The van der Waals surface area contributed by atoms with Gasteiger partial charge in [0.15, 0.2) is 5.84 Å². The van der Waals surface area contributed by atoms with Gasteiger partial charge in [-0.25, -0.2) is 13.8 Å². The number of carbonyl (C=O) groups excluding carboxylic acids is 1. The van der Waals surface area contributed by atoms with Crippen LogP contribution in [-0.2, 0) is 5.54 Å². The number of halogens is 2. The Morgan fingerprint density at radius 3 is 2.57 bits per heavy atom. The lowest BCUT2D eigenvalue weighted by molar-refractivity contribution is 0.102. The van der Waals surface area contributed by atoms with E-state index in [0.29, 0.717) is 5.75 Å². The van der Waals surface area contributed by atoms with Gasteiger partial charge in [-0.15, -0.1) is 0 Å². The molecule has 30 heavy (non-hydrogen) atoms. The third-order valence-electron chi connectivity index (χ3n) is 4.93. The molecule has 0 radical (unpaired) electrons. The number of benzene rings is 1. The summed E-state index contributed by atoms with van der Waals surface area (Å²) in [6.45, 7) is 2.34. The molecule has 162 valence electrons. The molecule has 1 aliphatic rings. The zero-order valence-electron chi connectivity index (χ0n) is 16.5. The maximum atomic E-state index is 14.6. The van der Waals surface area contributed by atoms with Gasteiger partial charge in [-0.3, -0.25) is 18.9 Å². The van der Waals surface area contributed by atoms with Crippen LogP contribution in [0, 0.1) is 5.82 Å². The second-order valence-electron chi connectivity index (χ2n) is 7.23. The minimum absolute atomic E-state index is 0.0681. The van der Waals surface area contributed by atoms with Crippen LogP contribution >= 0.6 is 10.6 Å². The molecule has 0 aliphatic carbocycles. The highest BCUT2D eigenvalue weighted by Gasteiger charge is 2.52. The van der Waals surface area contributed by atoms with Gasteiger partial charge < -0.3 is 15.8 Å². The summed E-state index contributed by atoms with van der Waals surface area (Å²) in [6, 6.07) is 6.75. The number of aliphatic imine (C=N–C) groups is 1. The van der Waals surface area contributed by atoms with Crippen LogP contribution in [-0.4, -0.2) is 43.7 Å². The summed E-state index contributed by atoms with van der Waals surface area (Å²) >= 11 is 0. The van der Waals surface area contributed by atoms with Gasteiger partial charge in [0.1, 0.15) is 22.8 Å². The van der Waals surface area contributed by atoms with Crippen molar-refractivity contribution >= 4 is 28.0 Å².